The molecule has 130 valence electrons. The molecule has 0 aromatic heterocycles. The van der Waals surface area contributed by atoms with Gasteiger partial charge in [0.1, 0.15) is 0 Å². The maximum atomic E-state index is 2.76. The highest BCUT2D eigenvalue weighted by Crippen LogP contribution is 2.68. The van der Waals surface area contributed by atoms with E-state index in [0.29, 0.717) is 10.8 Å². The van der Waals surface area contributed by atoms with Crippen LogP contribution in [0.2, 0.25) is 0 Å². The van der Waals surface area contributed by atoms with Gasteiger partial charge in [0.2, 0.25) is 0 Å². The van der Waals surface area contributed by atoms with E-state index >= 15 is 0 Å². The molecule has 0 bridgehead atoms. The van der Waals surface area contributed by atoms with Crippen LogP contribution in [-0.4, -0.2) is 0 Å². The Morgan fingerprint density at radius 1 is 0.913 bits per heavy atom. The summed E-state index contributed by atoms with van der Waals surface area (Å²) < 4.78 is 0. The van der Waals surface area contributed by atoms with Crippen molar-refractivity contribution < 1.29 is 0 Å². The molecule has 3 saturated carbocycles. The molecule has 9 atom stereocenters. The summed E-state index contributed by atoms with van der Waals surface area (Å²) in [6, 6.07) is 0. The highest BCUT2D eigenvalue weighted by atomic mass is 14.7. The minimum Gasteiger partial charge on any atom is -0.0816 e. The average molecular weight is 315 g/mol. The third-order valence-electron chi connectivity index (χ3n) is 9.72. The topological polar surface area (TPSA) is 0 Å². The van der Waals surface area contributed by atoms with Gasteiger partial charge < -0.3 is 0 Å². The Hall–Kier alpha value is -0.260. The van der Waals surface area contributed by atoms with Gasteiger partial charge in [-0.2, -0.15) is 0 Å². The second kappa shape index (κ2) is 5.12. The number of hydrogen-bond donors (Lipinski definition) is 0. The first kappa shape index (κ1) is 16.2. The normalized spacial score (nSPS) is 58.9. The molecule has 0 nitrogen and oxygen atoms in total. The number of fused-ring (bicyclic) bond motifs is 5. The van der Waals surface area contributed by atoms with Crippen LogP contribution in [0.25, 0.3) is 0 Å². The minimum atomic E-state index is 0.533. The molecule has 0 saturated heterocycles. The van der Waals surface area contributed by atoms with Crippen molar-refractivity contribution in [2.24, 2.45) is 52.3 Å². The van der Waals surface area contributed by atoms with Gasteiger partial charge in [-0.1, -0.05) is 53.2 Å². The highest BCUT2D eigenvalue weighted by molar-refractivity contribution is 5.26. The zero-order valence-electron chi connectivity index (χ0n) is 16.4. The summed E-state index contributed by atoms with van der Waals surface area (Å²) in [7, 11) is 0. The Morgan fingerprint density at radius 3 is 2.39 bits per heavy atom. The van der Waals surface area contributed by atoms with Crippen LogP contribution in [0.1, 0.15) is 80.1 Å². The Balaban J connectivity index is 1.77. The van der Waals surface area contributed by atoms with Crippen molar-refractivity contribution in [3.8, 4) is 0 Å². The number of hydrogen-bond acceptors (Lipinski definition) is 0. The van der Waals surface area contributed by atoms with Crippen LogP contribution in [0.4, 0.5) is 0 Å². The van der Waals surface area contributed by atoms with Crippen molar-refractivity contribution in [1.29, 1.82) is 0 Å². The van der Waals surface area contributed by atoms with Gasteiger partial charge >= 0.3 is 0 Å². The van der Waals surface area contributed by atoms with E-state index in [-0.39, 0.29) is 0 Å². The molecule has 4 rings (SSSR count). The molecule has 3 fully saturated rings. The molecule has 0 heterocycles. The summed E-state index contributed by atoms with van der Waals surface area (Å²) >= 11 is 0. The SMILES string of the molecule is CC1CCC2(C)C(=CC(C)C3C2CC(C)C2(C)C(C)CCC32)C1. The number of rotatable bonds is 0. The van der Waals surface area contributed by atoms with Gasteiger partial charge in [0.05, 0.1) is 0 Å². The molecule has 0 spiro atoms. The lowest BCUT2D eigenvalue weighted by molar-refractivity contribution is -0.0928. The van der Waals surface area contributed by atoms with E-state index in [0.717, 1.165) is 41.4 Å². The Kier molecular flexibility index (Phi) is 3.61. The molecule has 0 heteroatoms. The maximum Gasteiger partial charge on any atom is -0.00848 e. The second-order valence-electron chi connectivity index (χ2n) is 10.6. The molecule has 0 radical (unpaired) electrons. The fraction of sp³-hybridized carbons (Fsp3) is 0.913. The quantitative estimate of drug-likeness (QED) is 0.436. The van der Waals surface area contributed by atoms with Gasteiger partial charge in [0.25, 0.3) is 0 Å². The molecular formula is C23H38. The monoisotopic (exact) mass is 314 g/mol. The third-order valence-corrected chi connectivity index (χ3v) is 9.72. The van der Waals surface area contributed by atoms with Gasteiger partial charge in [0, 0.05) is 0 Å². The van der Waals surface area contributed by atoms with Crippen molar-refractivity contribution in [2.45, 2.75) is 80.1 Å². The van der Waals surface area contributed by atoms with E-state index in [1.807, 2.05) is 5.57 Å². The Bertz CT molecular complexity index is 516. The van der Waals surface area contributed by atoms with E-state index in [1.54, 1.807) is 0 Å². The van der Waals surface area contributed by atoms with E-state index in [1.165, 1.54) is 38.5 Å². The summed E-state index contributed by atoms with van der Waals surface area (Å²) in [6.45, 7) is 15.5. The van der Waals surface area contributed by atoms with Crippen molar-refractivity contribution >= 4 is 0 Å². The van der Waals surface area contributed by atoms with Crippen LogP contribution < -0.4 is 0 Å². The molecule has 0 aromatic rings. The summed E-state index contributed by atoms with van der Waals surface area (Å²) in [6.07, 6.45) is 11.5. The van der Waals surface area contributed by atoms with E-state index in [2.05, 4.69) is 47.6 Å². The van der Waals surface area contributed by atoms with Crippen LogP contribution in [-0.2, 0) is 0 Å². The lowest BCUT2D eigenvalue weighted by atomic mass is 9.43. The highest BCUT2D eigenvalue weighted by Gasteiger charge is 2.61. The van der Waals surface area contributed by atoms with E-state index in [4.69, 9.17) is 0 Å². The van der Waals surface area contributed by atoms with Crippen LogP contribution in [0, 0.1) is 52.3 Å². The first-order valence-electron chi connectivity index (χ1n) is 10.5. The van der Waals surface area contributed by atoms with Gasteiger partial charge in [-0.05, 0) is 90.8 Å². The zero-order valence-corrected chi connectivity index (χ0v) is 16.4. The predicted molar refractivity (Wildman–Crippen MR) is 99.1 cm³/mol. The summed E-state index contributed by atoms with van der Waals surface area (Å²) in [5.41, 5.74) is 3.00. The molecule has 0 N–H and O–H groups in total. The maximum absolute atomic E-state index is 2.76. The molecular weight excluding hydrogens is 276 g/mol. The summed E-state index contributed by atoms with van der Waals surface area (Å²) in [4.78, 5) is 0. The summed E-state index contributed by atoms with van der Waals surface area (Å²) in [5.74, 6) is 6.47. The van der Waals surface area contributed by atoms with Crippen molar-refractivity contribution in [1.82, 2.24) is 0 Å². The molecule has 9 unspecified atom stereocenters. The Morgan fingerprint density at radius 2 is 1.65 bits per heavy atom. The van der Waals surface area contributed by atoms with E-state index < -0.39 is 0 Å². The average Bonchev–Trinajstić information content (AvgIpc) is 2.80. The fourth-order valence-electron chi connectivity index (χ4n) is 7.89. The Labute approximate surface area is 144 Å². The fourth-order valence-corrected chi connectivity index (χ4v) is 7.89. The van der Waals surface area contributed by atoms with E-state index in [9.17, 15) is 0 Å². The molecule has 23 heavy (non-hydrogen) atoms. The zero-order chi connectivity index (χ0) is 16.6. The third kappa shape index (κ3) is 2.02. The van der Waals surface area contributed by atoms with Crippen molar-refractivity contribution in [3.63, 3.8) is 0 Å². The first-order valence-corrected chi connectivity index (χ1v) is 10.5. The molecule has 4 aliphatic carbocycles. The largest absolute Gasteiger partial charge is 0.0816 e. The minimum absolute atomic E-state index is 0.533. The molecule has 0 amide bonds. The summed E-state index contributed by atoms with van der Waals surface area (Å²) in [5, 5.41) is 0. The second-order valence-corrected chi connectivity index (χ2v) is 10.6. The van der Waals surface area contributed by atoms with Crippen LogP contribution >= 0.6 is 0 Å². The standard InChI is InChI=1S/C23H38/c1-14-9-10-22(5)18(11-14)12-15(2)21-19-8-7-16(3)23(19,6)17(4)13-20(21)22/h12,14-17,19-21H,7-11,13H2,1-6H3. The van der Waals surface area contributed by atoms with Crippen LogP contribution in [0.5, 0.6) is 0 Å². The smallest absolute Gasteiger partial charge is 0.00848 e. The van der Waals surface area contributed by atoms with Gasteiger partial charge in [-0.3, -0.25) is 0 Å². The van der Waals surface area contributed by atoms with Crippen LogP contribution in [0.15, 0.2) is 11.6 Å². The lowest BCUT2D eigenvalue weighted by Crippen LogP contribution is -2.54. The number of allylic oxidation sites excluding steroid dienone is 2. The predicted octanol–water partition coefficient (Wildman–Crippen LogP) is 6.71. The molecule has 4 aliphatic rings. The van der Waals surface area contributed by atoms with Gasteiger partial charge in [0.15, 0.2) is 0 Å². The molecule has 0 aliphatic heterocycles. The van der Waals surface area contributed by atoms with Gasteiger partial charge in [-0.15, -0.1) is 0 Å². The molecule has 0 aromatic carbocycles. The van der Waals surface area contributed by atoms with Gasteiger partial charge in [-0.25, -0.2) is 0 Å². The van der Waals surface area contributed by atoms with Crippen LogP contribution in [0.3, 0.4) is 0 Å². The first-order chi connectivity index (χ1) is 10.8. The lowest BCUT2D eigenvalue weighted by Gasteiger charge is -2.61. The van der Waals surface area contributed by atoms with Crippen molar-refractivity contribution in [3.05, 3.63) is 11.6 Å². The van der Waals surface area contributed by atoms with Crippen molar-refractivity contribution in [2.75, 3.05) is 0 Å².